The molecule has 1 aromatic heterocycles. The summed E-state index contributed by atoms with van der Waals surface area (Å²) in [6.45, 7) is 3.78. The Morgan fingerprint density at radius 3 is 2.30 bits per heavy atom. The maximum Gasteiger partial charge on any atom is 0.301 e. The van der Waals surface area contributed by atoms with Crippen molar-refractivity contribution in [2.24, 2.45) is 0 Å². The van der Waals surface area contributed by atoms with Crippen LogP contribution in [0, 0.1) is 13.8 Å². The minimum atomic E-state index is -0.766. The monoisotopic (exact) mass is 420 g/mol. The van der Waals surface area contributed by atoms with Crippen molar-refractivity contribution >= 4 is 33.9 Å². The second kappa shape index (κ2) is 7.76. The molecule has 0 unspecified atom stereocenters. The average Bonchev–Trinajstić information content (AvgIpc) is 3.24. The molecule has 0 radical (unpaired) electrons. The van der Waals surface area contributed by atoms with Gasteiger partial charge in [-0.05, 0) is 43.7 Å². The first-order valence-corrected chi connectivity index (χ1v) is 10.2. The third-order valence-electron chi connectivity index (χ3n) is 5.15. The number of anilines is 1. The lowest BCUT2D eigenvalue weighted by Crippen LogP contribution is -2.29. The van der Waals surface area contributed by atoms with Crippen LogP contribution in [0.1, 0.15) is 27.7 Å². The molecule has 1 fully saturated rings. The zero-order valence-corrected chi connectivity index (χ0v) is 17.6. The molecule has 1 aliphatic rings. The van der Waals surface area contributed by atoms with Gasteiger partial charge in [0.1, 0.15) is 11.5 Å². The van der Waals surface area contributed by atoms with Gasteiger partial charge in [0, 0.05) is 10.4 Å². The van der Waals surface area contributed by atoms with Crippen LogP contribution in [0.25, 0.3) is 5.76 Å². The van der Waals surface area contributed by atoms with Crippen LogP contribution in [0.5, 0.6) is 5.75 Å². The summed E-state index contributed by atoms with van der Waals surface area (Å²) in [4.78, 5) is 32.9. The summed E-state index contributed by atoms with van der Waals surface area (Å²) in [7, 11) is 1.55. The number of aromatic nitrogens is 1. The van der Waals surface area contributed by atoms with Gasteiger partial charge in [0.05, 0.1) is 24.4 Å². The van der Waals surface area contributed by atoms with Gasteiger partial charge >= 0.3 is 5.91 Å². The number of carbonyl (C=O) groups is 2. The molecule has 4 rings (SSSR count). The number of ether oxygens (including phenoxy) is 1. The van der Waals surface area contributed by atoms with Crippen LogP contribution in [0.3, 0.4) is 0 Å². The summed E-state index contributed by atoms with van der Waals surface area (Å²) >= 11 is 1.35. The lowest BCUT2D eigenvalue weighted by Gasteiger charge is -2.23. The zero-order valence-electron chi connectivity index (χ0n) is 16.7. The van der Waals surface area contributed by atoms with Crippen molar-refractivity contribution in [2.45, 2.75) is 19.9 Å². The minimum absolute atomic E-state index is 0.0434. The van der Waals surface area contributed by atoms with Crippen LogP contribution in [0.4, 0.5) is 5.13 Å². The van der Waals surface area contributed by atoms with E-state index in [9.17, 15) is 14.7 Å². The number of ketones is 1. The molecule has 2 aromatic carbocycles. The second-order valence-electron chi connectivity index (χ2n) is 6.95. The number of carbonyl (C=O) groups excluding carboxylic acids is 2. The normalized spacial score (nSPS) is 18.1. The van der Waals surface area contributed by atoms with Gasteiger partial charge in [0.15, 0.2) is 5.13 Å². The Morgan fingerprint density at radius 2 is 1.73 bits per heavy atom. The first-order chi connectivity index (χ1) is 14.4. The summed E-state index contributed by atoms with van der Waals surface area (Å²) in [5, 5.41) is 11.5. The number of hydrogen-bond acceptors (Lipinski definition) is 6. The van der Waals surface area contributed by atoms with E-state index in [0.717, 1.165) is 16.1 Å². The first kappa shape index (κ1) is 19.8. The van der Waals surface area contributed by atoms with E-state index in [0.29, 0.717) is 16.4 Å². The Kier molecular flexibility index (Phi) is 5.13. The largest absolute Gasteiger partial charge is 0.507 e. The third-order valence-corrected chi connectivity index (χ3v) is 6.22. The highest BCUT2D eigenvalue weighted by atomic mass is 32.1. The standard InChI is InChI=1S/C23H20N2O4S/c1-13-14(2)30-23(24-13)25-19(15-7-5-4-6-8-15)18(21(27)22(25)28)20(26)16-9-11-17(29-3)12-10-16/h4-12,19,26H,1-3H3/b20-18+/t19-/m1/s1. The maximum atomic E-state index is 13.0. The van der Waals surface area contributed by atoms with Crippen LogP contribution in [-0.4, -0.2) is 28.9 Å². The van der Waals surface area contributed by atoms with Gasteiger partial charge in [0.2, 0.25) is 0 Å². The van der Waals surface area contributed by atoms with Crippen molar-refractivity contribution in [1.29, 1.82) is 0 Å². The highest BCUT2D eigenvalue weighted by Gasteiger charge is 2.48. The maximum absolute atomic E-state index is 13.0. The van der Waals surface area contributed by atoms with Gasteiger partial charge in [-0.2, -0.15) is 0 Å². The van der Waals surface area contributed by atoms with Gasteiger partial charge in [-0.15, -0.1) is 11.3 Å². The molecular formula is C23H20N2O4S. The van der Waals surface area contributed by atoms with Crippen molar-refractivity contribution in [1.82, 2.24) is 4.98 Å². The topological polar surface area (TPSA) is 79.7 Å². The quantitative estimate of drug-likeness (QED) is 0.385. The van der Waals surface area contributed by atoms with Crippen molar-refractivity contribution in [3.05, 3.63) is 81.9 Å². The predicted octanol–water partition coefficient (Wildman–Crippen LogP) is 4.39. The number of hydrogen-bond donors (Lipinski definition) is 1. The molecule has 0 aliphatic carbocycles. The Balaban J connectivity index is 1.91. The Bertz CT molecular complexity index is 1130. The van der Waals surface area contributed by atoms with E-state index >= 15 is 0 Å². The lowest BCUT2D eigenvalue weighted by atomic mass is 9.95. The number of rotatable bonds is 4. The van der Waals surface area contributed by atoms with E-state index in [-0.39, 0.29) is 11.3 Å². The van der Waals surface area contributed by atoms with Gasteiger partial charge in [-0.25, -0.2) is 4.98 Å². The number of thiazole rings is 1. The molecule has 7 heteroatoms. The fraction of sp³-hybridized carbons (Fsp3) is 0.174. The molecule has 0 spiro atoms. The SMILES string of the molecule is COc1ccc(/C(O)=C2\C(=O)C(=O)N(c3nc(C)c(C)s3)[C@@H]2c2ccccc2)cc1. The molecular weight excluding hydrogens is 400 g/mol. The molecule has 0 bridgehead atoms. The number of benzene rings is 2. The minimum Gasteiger partial charge on any atom is -0.507 e. The van der Waals surface area contributed by atoms with Crippen LogP contribution >= 0.6 is 11.3 Å². The highest BCUT2D eigenvalue weighted by Crippen LogP contribution is 2.43. The molecule has 152 valence electrons. The van der Waals surface area contributed by atoms with Gasteiger partial charge in [0.25, 0.3) is 5.78 Å². The fourth-order valence-electron chi connectivity index (χ4n) is 3.44. The molecule has 2 heterocycles. The molecule has 1 saturated heterocycles. The Hall–Kier alpha value is -3.45. The van der Waals surface area contributed by atoms with E-state index in [4.69, 9.17) is 4.74 Å². The van der Waals surface area contributed by atoms with Crippen LogP contribution in [0.2, 0.25) is 0 Å². The number of aryl methyl sites for hydroxylation is 2. The van der Waals surface area contributed by atoms with Crippen molar-refractivity contribution in [3.8, 4) is 5.75 Å². The molecule has 1 N–H and O–H groups in total. The van der Waals surface area contributed by atoms with E-state index in [1.165, 1.54) is 16.2 Å². The molecule has 1 atom stereocenters. The summed E-state index contributed by atoms with van der Waals surface area (Å²) in [5.74, 6) is -1.03. The number of amides is 1. The highest BCUT2D eigenvalue weighted by molar-refractivity contribution is 7.16. The third kappa shape index (κ3) is 3.27. The van der Waals surface area contributed by atoms with Crippen molar-refractivity contribution < 1.29 is 19.4 Å². The van der Waals surface area contributed by atoms with E-state index < -0.39 is 17.7 Å². The number of aliphatic hydroxyl groups excluding tert-OH is 1. The van der Waals surface area contributed by atoms with Crippen LogP contribution in [0.15, 0.2) is 60.2 Å². The molecule has 1 aliphatic heterocycles. The first-order valence-electron chi connectivity index (χ1n) is 9.36. The molecule has 6 nitrogen and oxygen atoms in total. The fourth-order valence-corrected chi connectivity index (χ4v) is 4.38. The Labute approximate surface area is 178 Å². The van der Waals surface area contributed by atoms with Crippen LogP contribution < -0.4 is 9.64 Å². The number of aliphatic hydroxyl groups is 1. The lowest BCUT2D eigenvalue weighted by molar-refractivity contribution is -0.132. The van der Waals surface area contributed by atoms with Crippen LogP contribution in [-0.2, 0) is 9.59 Å². The predicted molar refractivity (Wildman–Crippen MR) is 116 cm³/mol. The number of methoxy groups -OCH3 is 1. The average molecular weight is 420 g/mol. The molecule has 0 saturated carbocycles. The molecule has 1 amide bonds. The van der Waals surface area contributed by atoms with Gasteiger partial charge < -0.3 is 9.84 Å². The summed E-state index contributed by atoms with van der Waals surface area (Å²) in [6, 6.07) is 15.1. The van der Waals surface area contributed by atoms with E-state index in [1.807, 2.05) is 44.2 Å². The summed E-state index contributed by atoms with van der Waals surface area (Å²) < 4.78 is 5.16. The summed E-state index contributed by atoms with van der Waals surface area (Å²) in [5.41, 5.74) is 2.00. The number of nitrogens with zero attached hydrogens (tertiary/aromatic N) is 2. The van der Waals surface area contributed by atoms with Crippen molar-refractivity contribution in [3.63, 3.8) is 0 Å². The second-order valence-corrected chi connectivity index (χ2v) is 8.13. The van der Waals surface area contributed by atoms with Crippen molar-refractivity contribution in [2.75, 3.05) is 12.0 Å². The van der Waals surface area contributed by atoms with Gasteiger partial charge in [-0.3, -0.25) is 14.5 Å². The molecule has 30 heavy (non-hydrogen) atoms. The summed E-state index contributed by atoms with van der Waals surface area (Å²) in [6.07, 6.45) is 0. The molecule has 3 aromatic rings. The van der Waals surface area contributed by atoms with Gasteiger partial charge in [-0.1, -0.05) is 30.3 Å². The zero-order chi connectivity index (χ0) is 21.4. The Morgan fingerprint density at radius 1 is 1.07 bits per heavy atom. The smallest absolute Gasteiger partial charge is 0.301 e. The van der Waals surface area contributed by atoms with E-state index in [1.54, 1.807) is 31.4 Å². The van der Waals surface area contributed by atoms with E-state index in [2.05, 4.69) is 4.98 Å². The number of Topliss-reactive ketones (excluding diaryl/α,β-unsaturated/α-hetero) is 1.